The van der Waals surface area contributed by atoms with Gasteiger partial charge < -0.3 is 14.2 Å². The van der Waals surface area contributed by atoms with E-state index in [0.29, 0.717) is 12.2 Å². The zero-order valence-electron chi connectivity index (χ0n) is 13.5. The molecule has 1 saturated heterocycles. The van der Waals surface area contributed by atoms with E-state index in [1.165, 1.54) is 32.1 Å². The molecule has 1 unspecified atom stereocenters. The molecule has 0 aromatic heterocycles. The van der Waals surface area contributed by atoms with Crippen LogP contribution in [0.3, 0.4) is 0 Å². The number of hydrogen-bond acceptors (Lipinski definition) is 4. The van der Waals surface area contributed by atoms with Gasteiger partial charge in [0.2, 0.25) is 5.79 Å². The van der Waals surface area contributed by atoms with Gasteiger partial charge in [0.15, 0.2) is 0 Å². The number of carbonyl (C=O) groups excluding carboxylic acids is 1. The number of ether oxygens (including phenoxy) is 3. The predicted molar refractivity (Wildman–Crippen MR) is 85.9 cm³/mol. The topological polar surface area (TPSA) is 44.8 Å². The zero-order valence-corrected chi connectivity index (χ0v) is 13.5. The number of esters is 1. The van der Waals surface area contributed by atoms with Crippen LogP contribution in [-0.4, -0.2) is 25.5 Å². The molecule has 122 valence electrons. The normalized spacial score (nSPS) is 28.9. The molecule has 0 amide bonds. The summed E-state index contributed by atoms with van der Waals surface area (Å²) in [5.74, 6) is -0.360. The Balaban J connectivity index is 1.59. The molecule has 2 spiro atoms. The van der Waals surface area contributed by atoms with Gasteiger partial charge in [-0.3, -0.25) is 0 Å². The third-order valence-corrected chi connectivity index (χ3v) is 5.41. The average Bonchev–Trinajstić information content (AvgIpc) is 3.08. The van der Waals surface area contributed by atoms with Crippen molar-refractivity contribution >= 4 is 11.5 Å². The molecule has 2 heterocycles. The minimum absolute atomic E-state index is 0.199. The van der Waals surface area contributed by atoms with Crippen molar-refractivity contribution in [2.24, 2.45) is 5.41 Å². The molecule has 1 atom stereocenters. The Morgan fingerprint density at radius 1 is 1.09 bits per heavy atom. The quantitative estimate of drug-likeness (QED) is 0.781. The summed E-state index contributed by atoms with van der Waals surface area (Å²) in [4.78, 5) is 12.4. The summed E-state index contributed by atoms with van der Waals surface area (Å²) in [6.07, 6.45) is 8.86. The first-order chi connectivity index (χ1) is 11.1. The van der Waals surface area contributed by atoms with E-state index in [1.807, 2.05) is 30.3 Å². The summed E-state index contributed by atoms with van der Waals surface area (Å²) in [6.45, 7) is 0.701. The van der Waals surface area contributed by atoms with E-state index in [0.717, 1.165) is 17.7 Å². The van der Waals surface area contributed by atoms with E-state index in [9.17, 15) is 4.79 Å². The lowest BCUT2D eigenvalue weighted by atomic mass is 9.72. The SMILES string of the molecule is COc1ccc(C2=CC3(CC4(CCCCC4)CO3)OC2=O)cc1. The average molecular weight is 314 g/mol. The van der Waals surface area contributed by atoms with Crippen LogP contribution in [0.15, 0.2) is 30.3 Å². The molecule has 1 aliphatic carbocycles. The number of methoxy groups -OCH3 is 1. The molecule has 0 bridgehead atoms. The first-order valence-electron chi connectivity index (χ1n) is 8.38. The molecule has 4 heteroatoms. The van der Waals surface area contributed by atoms with Crippen LogP contribution in [0.5, 0.6) is 5.75 Å². The molecular weight excluding hydrogens is 292 g/mol. The van der Waals surface area contributed by atoms with Gasteiger partial charge in [-0.05, 0) is 30.5 Å². The van der Waals surface area contributed by atoms with Gasteiger partial charge in [0.25, 0.3) is 0 Å². The molecule has 2 aliphatic heterocycles. The molecule has 4 nitrogen and oxygen atoms in total. The van der Waals surface area contributed by atoms with E-state index in [2.05, 4.69) is 0 Å². The fourth-order valence-corrected chi connectivity index (χ4v) is 4.17. The van der Waals surface area contributed by atoms with Crippen molar-refractivity contribution in [1.29, 1.82) is 0 Å². The standard InChI is InChI=1S/C19H22O4/c1-21-15-7-5-14(6-8-15)16-11-19(23-17(16)20)12-18(13-22-19)9-3-2-4-10-18/h5-8,11H,2-4,9-10,12-13H2,1H3. The van der Waals surface area contributed by atoms with Crippen molar-refractivity contribution in [2.75, 3.05) is 13.7 Å². The van der Waals surface area contributed by atoms with Crippen molar-refractivity contribution in [3.8, 4) is 5.75 Å². The Morgan fingerprint density at radius 2 is 1.83 bits per heavy atom. The molecule has 3 aliphatic rings. The summed E-state index contributed by atoms with van der Waals surface area (Å²) in [5, 5.41) is 0. The van der Waals surface area contributed by atoms with E-state index < -0.39 is 5.79 Å². The lowest BCUT2D eigenvalue weighted by molar-refractivity contribution is -0.181. The van der Waals surface area contributed by atoms with Gasteiger partial charge in [-0.2, -0.15) is 0 Å². The van der Waals surface area contributed by atoms with Crippen molar-refractivity contribution in [3.63, 3.8) is 0 Å². The van der Waals surface area contributed by atoms with Gasteiger partial charge >= 0.3 is 5.97 Å². The van der Waals surface area contributed by atoms with Gasteiger partial charge in [0.05, 0.1) is 19.3 Å². The van der Waals surface area contributed by atoms with E-state index in [-0.39, 0.29) is 11.4 Å². The van der Waals surface area contributed by atoms with Gasteiger partial charge in [0.1, 0.15) is 5.75 Å². The summed E-state index contributed by atoms with van der Waals surface area (Å²) in [5.41, 5.74) is 1.64. The Bertz CT molecular complexity index is 640. The van der Waals surface area contributed by atoms with Crippen LogP contribution in [0, 0.1) is 5.41 Å². The monoisotopic (exact) mass is 314 g/mol. The van der Waals surface area contributed by atoms with Gasteiger partial charge in [-0.15, -0.1) is 0 Å². The van der Waals surface area contributed by atoms with Crippen LogP contribution >= 0.6 is 0 Å². The third kappa shape index (κ3) is 2.55. The maximum Gasteiger partial charge on any atom is 0.341 e. The molecular formula is C19H22O4. The summed E-state index contributed by atoms with van der Waals surface area (Å²) < 4.78 is 16.9. The summed E-state index contributed by atoms with van der Waals surface area (Å²) >= 11 is 0. The summed E-state index contributed by atoms with van der Waals surface area (Å²) in [6, 6.07) is 7.48. The highest BCUT2D eigenvalue weighted by atomic mass is 16.7. The largest absolute Gasteiger partial charge is 0.497 e. The van der Waals surface area contributed by atoms with Crippen molar-refractivity contribution in [1.82, 2.24) is 0 Å². The number of benzene rings is 1. The van der Waals surface area contributed by atoms with Crippen molar-refractivity contribution < 1.29 is 19.0 Å². The zero-order chi connectivity index (χ0) is 15.9. The number of hydrogen-bond donors (Lipinski definition) is 0. The van der Waals surface area contributed by atoms with E-state index in [4.69, 9.17) is 14.2 Å². The van der Waals surface area contributed by atoms with Crippen molar-refractivity contribution in [3.05, 3.63) is 35.9 Å². The molecule has 1 aromatic rings. The Kier molecular flexibility index (Phi) is 3.45. The minimum atomic E-state index is -0.844. The Labute approximate surface area is 136 Å². The lowest BCUT2D eigenvalue weighted by Gasteiger charge is -2.32. The molecule has 4 rings (SSSR count). The van der Waals surface area contributed by atoms with Crippen LogP contribution in [0.25, 0.3) is 5.57 Å². The van der Waals surface area contributed by atoms with Crippen LogP contribution < -0.4 is 4.74 Å². The molecule has 2 fully saturated rings. The van der Waals surface area contributed by atoms with Gasteiger partial charge in [-0.25, -0.2) is 4.79 Å². The number of rotatable bonds is 2. The maximum atomic E-state index is 12.4. The molecule has 1 saturated carbocycles. The summed E-state index contributed by atoms with van der Waals surface area (Å²) in [7, 11) is 1.63. The molecule has 0 N–H and O–H groups in total. The first-order valence-corrected chi connectivity index (χ1v) is 8.38. The molecule has 1 aromatic carbocycles. The predicted octanol–water partition coefficient (Wildman–Crippen LogP) is 3.70. The van der Waals surface area contributed by atoms with Crippen molar-refractivity contribution in [2.45, 2.75) is 44.3 Å². The maximum absolute atomic E-state index is 12.4. The Hall–Kier alpha value is -1.81. The van der Waals surface area contributed by atoms with Crippen LogP contribution in [0.2, 0.25) is 0 Å². The second-order valence-electron chi connectivity index (χ2n) is 7.01. The van der Waals surface area contributed by atoms with Gasteiger partial charge in [0, 0.05) is 17.9 Å². The highest BCUT2D eigenvalue weighted by Crippen LogP contribution is 2.52. The van der Waals surface area contributed by atoms with Crippen LogP contribution in [0.1, 0.15) is 44.1 Å². The second-order valence-corrected chi connectivity index (χ2v) is 7.01. The smallest absolute Gasteiger partial charge is 0.341 e. The van der Waals surface area contributed by atoms with E-state index in [1.54, 1.807) is 7.11 Å². The minimum Gasteiger partial charge on any atom is -0.497 e. The fourth-order valence-electron chi connectivity index (χ4n) is 4.17. The second kappa shape index (κ2) is 5.38. The fraction of sp³-hybridized carbons (Fsp3) is 0.526. The van der Waals surface area contributed by atoms with E-state index >= 15 is 0 Å². The van der Waals surface area contributed by atoms with Crippen LogP contribution in [0.4, 0.5) is 0 Å². The first kappa shape index (κ1) is 14.8. The molecule has 0 radical (unpaired) electrons. The highest BCUT2D eigenvalue weighted by Gasteiger charge is 2.54. The molecule has 23 heavy (non-hydrogen) atoms. The number of carbonyl (C=O) groups is 1. The third-order valence-electron chi connectivity index (χ3n) is 5.41. The highest BCUT2D eigenvalue weighted by molar-refractivity contribution is 6.18. The van der Waals surface area contributed by atoms with Gasteiger partial charge in [-0.1, -0.05) is 31.4 Å². The van der Waals surface area contributed by atoms with Crippen LogP contribution in [-0.2, 0) is 14.3 Å². The Morgan fingerprint density at radius 3 is 2.52 bits per heavy atom. The lowest BCUT2D eigenvalue weighted by Crippen LogP contribution is -2.30.